The highest BCUT2D eigenvalue weighted by Gasteiger charge is 2.37. The number of likely N-dealkylation sites (N-methyl/N-ethyl adjacent to an activating group) is 1. The van der Waals surface area contributed by atoms with Crippen LogP contribution >= 0.6 is 12.2 Å². The molecule has 0 saturated carbocycles. The number of carbonyl (C=O) groups excluding carboxylic acids is 2. The monoisotopic (exact) mass is 340 g/mol. The van der Waals surface area contributed by atoms with Gasteiger partial charge in [-0.25, -0.2) is 0 Å². The number of hydrogen-bond acceptors (Lipinski definition) is 4. The quantitative estimate of drug-likeness (QED) is 0.528. The molecule has 0 aliphatic carbocycles. The molecule has 0 fully saturated rings. The fourth-order valence-electron chi connectivity index (χ4n) is 2.73. The van der Waals surface area contributed by atoms with Gasteiger partial charge in [0.2, 0.25) is 5.91 Å². The molecule has 1 amide bonds. The first kappa shape index (κ1) is 16.1. The van der Waals surface area contributed by atoms with Crippen molar-refractivity contribution in [2.75, 3.05) is 17.3 Å². The Hall–Kier alpha value is -2.73. The second-order valence-corrected chi connectivity index (χ2v) is 5.92. The second kappa shape index (κ2) is 6.41. The van der Waals surface area contributed by atoms with E-state index in [0.717, 1.165) is 11.3 Å². The molecule has 0 aromatic heterocycles. The van der Waals surface area contributed by atoms with Gasteiger partial charge in [-0.1, -0.05) is 30.4 Å². The van der Waals surface area contributed by atoms with Crippen molar-refractivity contribution in [1.29, 1.82) is 0 Å². The van der Waals surface area contributed by atoms with E-state index in [9.17, 15) is 9.59 Å². The number of para-hydroxylation sites is 1. The zero-order valence-corrected chi connectivity index (χ0v) is 14.1. The number of nitrogens with zero attached hydrogens (tertiary/aromatic N) is 1. The van der Waals surface area contributed by atoms with Crippen LogP contribution in [0.5, 0.6) is 5.75 Å². The topological polar surface area (TPSA) is 58.6 Å². The number of carbonyl (C=O) groups is 2. The Kier molecular flexibility index (Phi) is 4.31. The summed E-state index contributed by atoms with van der Waals surface area (Å²) in [5.74, 6) is -0.821. The van der Waals surface area contributed by atoms with Crippen molar-refractivity contribution in [1.82, 2.24) is 0 Å². The Morgan fingerprint density at radius 1 is 1.17 bits per heavy atom. The van der Waals surface area contributed by atoms with Gasteiger partial charge in [0.25, 0.3) is 0 Å². The molecule has 3 rings (SSSR count). The molecule has 1 atom stereocenters. The maximum Gasteiger partial charge on any atom is 0.308 e. The number of rotatable bonds is 3. The summed E-state index contributed by atoms with van der Waals surface area (Å²) in [7, 11) is 1.82. The third kappa shape index (κ3) is 3.00. The molecule has 0 saturated heterocycles. The summed E-state index contributed by atoms with van der Waals surface area (Å²) in [6.07, 6.45) is 0. The van der Waals surface area contributed by atoms with Crippen LogP contribution in [0.1, 0.15) is 18.4 Å². The van der Waals surface area contributed by atoms with Crippen LogP contribution in [0.15, 0.2) is 48.5 Å². The van der Waals surface area contributed by atoms with Gasteiger partial charge in [0.1, 0.15) is 11.7 Å². The summed E-state index contributed by atoms with van der Waals surface area (Å²) in [5.41, 5.74) is 2.27. The summed E-state index contributed by atoms with van der Waals surface area (Å²) in [6, 6.07) is 14.4. The molecular formula is C18H16N2O3S. The van der Waals surface area contributed by atoms with E-state index < -0.39 is 11.9 Å². The molecule has 5 nitrogen and oxygen atoms in total. The highest BCUT2D eigenvalue weighted by atomic mass is 32.1. The third-order valence-corrected chi connectivity index (χ3v) is 4.32. The average Bonchev–Trinajstić information content (AvgIpc) is 2.79. The SMILES string of the molecule is CC(=O)Oc1ccc2c(c1)C(C(=O)Nc1ccccc1)C(=S)N2C. The lowest BCUT2D eigenvalue weighted by atomic mass is 10.00. The first-order chi connectivity index (χ1) is 11.5. The van der Waals surface area contributed by atoms with Gasteiger partial charge in [-0.15, -0.1) is 0 Å². The first-order valence-corrected chi connectivity index (χ1v) is 7.84. The molecule has 2 aromatic rings. The lowest BCUT2D eigenvalue weighted by Gasteiger charge is -2.14. The standard InChI is InChI=1S/C18H16N2O3S/c1-11(21)23-13-8-9-15-14(10-13)16(18(24)20(15)2)17(22)19-12-6-4-3-5-7-12/h3-10,16H,1-2H3,(H,19,22). The van der Waals surface area contributed by atoms with Gasteiger partial charge in [0, 0.05) is 25.3 Å². The van der Waals surface area contributed by atoms with Crippen molar-refractivity contribution < 1.29 is 14.3 Å². The number of ether oxygens (including phenoxy) is 1. The number of hydrogen-bond donors (Lipinski definition) is 1. The molecule has 6 heteroatoms. The van der Waals surface area contributed by atoms with Crippen molar-refractivity contribution in [3.8, 4) is 5.75 Å². The molecule has 122 valence electrons. The first-order valence-electron chi connectivity index (χ1n) is 7.43. The molecule has 1 unspecified atom stereocenters. The zero-order valence-electron chi connectivity index (χ0n) is 13.3. The number of fused-ring (bicyclic) bond motifs is 1. The van der Waals surface area contributed by atoms with E-state index in [0.29, 0.717) is 16.4 Å². The minimum absolute atomic E-state index is 0.211. The van der Waals surface area contributed by atoms with Gasteiger partial charge in [-0.05, 0) is 35.9 Å². The van der Waals surface area contributed by atoms with Crippen LogP contribution < -0.4 is 15.0 Å². The van der Waals surface area contributed by atoms with Gasteiger partial charge >= 0.3 is 5.97 Å². The normalized spacial score (nSPS) is 15.8. The summed E-state index contributed by atoms with van der Waals surface area (Å²) in [6.45, 7) is 1.34. The molecular weight excluding hydrogens is 324 g/mol. The number of esters is 1. The van der Waals surface area contributed by atoms with E-state index in [1.165, 1.54) is 6.92 Å². The van der Waals surface area contributed by atoms with Crippen LogP contribution in [0.3, 0.4) is 0 Å². The van der Waals surface area contributed by atoms with Crippen molar-refractivity contribution >= 4 is 40.5 Å². The van der Waals surface area contributed by atoms with Crippen LogP contribution in [0.25, 0.3) is 0 Å². The van der Waals surface area contributed by atoms with E-state index in [-0.39, 0.29) is 5.91 Å². The van der Waals surface area contributed by atoms with Gasteiger partial charge in [0.15, 0.2) is 0 Å². The molecule has 0 radical (unpaired) electrons. The Morgan fingerprint density at radius 3 is 2.54 bits per heavy atom. The number of thiocarbonyl (C=S) groups is 1. The fraction of sp³-hybridized carbons (Fsp3) is 0.167. The summed E-state index contributed by atoms with van der Waals surface area (Å²) in [4.78, 5) is 26.2. The molecule has 0 spiro atoms. The lowest BCUT2D eigenvalue weighted by molar-refractivity contribution is -0.131. The minimum atomic E-state index is -0.601. The highest BCUT2D eigenvalue weighted by Crippen LogP contribution is 2.40. The van der Waals surface area contributed by atoms with Gasteiger partial charge in [-0.2, -0.15) is 0 Å². The Balaban J connectivity index is 1.93. The Labute approximate surface area is 145 Å². The van der Waals surface area contributed by atoms with Crippen molar-refractivity contribution in [2.24, 2.45) is 0 Å². The molecule has 1 heterocycles. The third-order valence-electron chi connectivity index (χ3n) is 3.81. The van der Waals surface area contributed by atoms with Crippen LogP contribution in [0.4, 0.5) is 11.4 Å². The molecule has 1 N–H and O–H groups in total. The summed E-state index contributed by atoms with van der Waals surface area (Å²) in [5, 5.41) is 2.88. The van der Waals surface area contributed by atoms with E-state index in [4.69, 9.17) is 17.0 Å². The summed E-state index contributed by atoms with van der Waals surface area (Å²) >= 11 is 5.45. The minimum Gasteiger partial charge on any atom is -0.427 e. The molecule has 2 aromatic carbocycles. The van der Waals surface area contributed by atoms with Gasteiger partial charge in [-0.3, -0.25) is 9.59 Å². The highest BCUT2D eigenvalue weighted by molar-refractivity contribution is 7.80. The second-order valence-electron chi connectivity index (χ2n) is 5.50. The molecule has 24 heavy (non-hydrogen) atoms. The fourth-order valence-corrected chi connectivity index (χ4v) is 3.07. The van der Waals surface area contributed by atoms with Crippen molar-refractivity contribution in [3.63, 3.8) is 0 Å². The number of anilines is 2. The Bertz CT molecular complexity index is 820. The Morgan fingerprint density at radius 2 is 1.88 bits per heavy atom. The van der Waals surface area contributed by atoms with E-state index in [1.807, 2.05) is 37.4 Å². The summed E-state index contributed by atoms with van der Waals surface area (Å²) < 4.78 is 5.12. The van der Waals surface area contributed by atoms with Gasteiger partial charge < -0.3 is 15.0 Å². The molecule has 0 bridgehead atoms. The van der Waals surface area contributed by atoms with E-state index in [1.54, 1.807) is 23.1 Å². The molecule has 1 aliphatic heterocycles. The molecule has 1 aliphatic rings. The number of benzene rings is 2. The predicted molar refractivity (Wildman–Crippen MR) is 96.6 cm³/mol. The maximum atomic E-state index is 12.7. The number of nitrogens with one attached hydrogen (secondary N) is 1. The maximum absolute atomic E-state index is 12.7. The average molecular weight is 340 g/mol. The van der Waals surface area contributed by atoms with E-state index >= 15 is 0 Å². The van der Waals surface area contributed by atoms with Crippen molar-refractivity contribution in [2.45, 2.75) is 12.8 Å². The van der Waals surface area contributed by atoms with Crippen LogP contribution in [-0.4, -0.2) is 23.9 Å². The zero-order chi connectivity index (χ0) is 17.3. The smallest absolute Gasteiger partial charge is 0.308 e. The predicted octanol–water partition coefficient (Wildman–Crippen LogP) is 3.11. The van der Waals surface area contributed by atoms with Crippen LogP contribution in [-0.2, 0) is 9.59 Å². The van der Waals surface area contributed by atoms with Crippen molar-refractivity contribution in [3.05, 3.63) is 54.1 Å². The number of amides is 1. The van der Waals surface area contributed by atoms with Crippen LogP contribution in [0.2, 0.25) is 0 Å². The lowest BCUT2D eigenvalue weighted by Crippen LogP contribution is -2.30. The van der Waals surface area contributed by atoms with Crippen LogP contribution in [0, 0.1) is 0 Å². The largest absolute Gasteiger partial charge is 0.427 e. The van der Waals surface area contributed by atoms with Gasteiger partial charge in [0.05, 0.1) is 4.99 Å². The van der Waals surface area contributed by atoms with E-state index in [2.05, 4.69) is 5.32 Å².